The Hall–Kier alpha value is -1.66. The minimum Gasteiger partial charge on any atom is -0.316 e. The highest BCUT2D eigenvalue weighted by Crippen LogP contribution is 2.22. The first-order valence-electron chi connectivity index (χ1n) is 7.39. The highest BCUT2D eigenvalue weighted by Gasteiger charge is 2.29. The number of aromatic nitrogens is 2. The summed E-state index contributed by atoms with van der Waals surface area (Å²) in [6, 6.07) is 9.74. The Bertz CT molecular complexity index is 693. The van der Waals surface area contributed by atoms with Crippen molar-refractivity contribution in [1.82, 2.24) is 15.1 Å². The van der Waals surface area contributed by atoms with Crippen molar-refractivity contribution in [3.8, 4) is 5.69 Å². The molecular weight excluding hydrogens is 344 g/mol. The molecule has 3 rings (SSSR count). The molecule has 0 radical (unpaired) electrons. The third-order valence-corrected chi connectivity index (χ3v) is 4.56. The van der Waals surface area contributed by atoms with Crippen LogP contribution in [-0.2, 0) is 4.79 Å². The van der Waals surface area contributed by atoms with Gasteiger partial charge in [-0.3, -0.25) is 4.79 Å². The van der Waals surface area contributed by atoms with E-state index >= 15 is 0 Å². The smallest absolute Gasteiger partial charge is 0.228 e. The van der Waals surface area contributed by atoms with Crippen LogP contribution in [0.5, 0.6) is 0 Å². The van der Waals surface area contributed by atoms with Crippen LogP contribution in [0, 0.1) is 18.8 Å². The van der Waals surface area contributed by atoms with Gasteiger partial charge in [0.2, 0.25) is 5.91 Å². The molecule has 1 aliphatic rings. The van der Waals surface area contributed by atoms with Crippen molar-refractivity contribution in [2.75, 3.05) is 18.4 Å². The van der Waals surface area contributed by atoms with E-state index in [1.54, 1.807) is 4.68 Å². The van der Waals surface area contributed by atoms with Crippen LogP contribution in [0.2, 0.25) is 0 Å². The van der Waals surface area contributed by atoms with Gasteiger partial charge in [-0.05, 0) is 44.1 Å². The molecule has 0 bridgehead atoms. The van der Waals surface area contributed by atoms with Crippen LogP contribution in [0.4, 0.5) is 5.82 Å². The molecule has 0 spiro atoms. The fourth-order valence-electron chi connectivity index (χ4n) is 2.51. The average molecular weight is 363 g/mol. The van der Waals surface area contributed by atoms with E-state index in [2.05, 4.69) is 31.7 Å². The zero-order valence-electron chi connectivity index (χ0n) is 12.6. The third kappa shape index (κ3) is 3.08. The highest BCUT2D eigenvalue weighted by molar-refractivity contribution is 9.10. The first-order valence-corrected chi connectivity index (χ1v) is 8.18. The maximum atomic E-state index is 12.4. The van der Waals surface area contributed by atoms with Crippen LogP contribution in [0.1, 0.15) is 12.6 Å². The monoisotopic (exact) mass is 362 g/mol. The van der Waals surface area contributed by atoms with E-state index < -0.39 is 0 Å². The number of hydrogen-bond acceptors (Lipinski definition) is 3. The first kappa shape index (κ1) is 15.2. The van der Waals surface area contributed by atoms with Crippen LogP contribution < -0.4 is 10.6 Å². The number of aryl methyl sites for hydroxylation is 1. The Kier molecular flexibility index (Phi) is 4.31. The van der Waals surface area contributed by atoms with E-state index in [9.17, 15) is 4.79 Å². The van der Waals surface area contributed by atoms with Gasteiger partial charge in [-0.25, -0.2) is 4.68 Å². The highest BCUT2D eigenvalue weighted by atomic mass is 79.9. The van der Waals surface area contributed by atoms with Gasteiger partial charge >= 0.3 is 0 Å². The summed E-state index contributed by atoms with van der Waals surface area (Å²) in [5.41, 5.74) is 1.78. The van der Waals surface area contributed by atoms with Crippen molar-refractivity contribution in [2.45, 2.75) is 13.8 Å². The Labute approximate surface area is 138 Å². The molecule has 5 nitrogen and oxygen atoms in total. The summed E-state index contributed by atoms with van der Waals surface area (Å²) in [5.74, 6) is 1.16. The van der Waals surface area contributed by atoms with Gasteiger partial charge in [0.05, 0.1) is 11.4 Å². The van der Waals surface area contributed by atoms with E-state index in [0.717, 1.165) is 28.9 Å². The largest absolute Gasteiger partial charge is 0.316 e. The normalized spacial score (nSPS) is 16.1. The van der Waals surface area contributed by atoms with Crippen LogP contribution in [-0.4, -0.2) is 28.8 Å². The van der Waals surface area contributed by atoms with Crippen LogP contribution >= 0.6 is 15.9 Å². The molecule has 22 heavy (non-hydrogen) atoms. The molecule has 6 heteroatoms. The van der Waals surface area contributed by atoms with Gasteiger partial charge in [0.1, 0.15) is 5.82 Å². The Morgan fingerprint density at radius 2 is 2.23 bits per heavy atom. The van der Waals surface area contributed by atoms with Crippen molar-refractivity contribution < 1.29 is 4.79 Å². The molecule has 1 aliphatic heterocycles. The second-order valence-corrected chi connectivity index (χ2v) is 6.67. The molecule has 1 saturated heterocycles. The van der Waals surface area contributed by atoms with E-state index in [4.69, 9.17) is 0 Å². The number of rotatable bonds is 4. The lowest BCUT2D eigenvalue weighted by atomic mass is 9.88. The molecular formula is C16H19BrN4O. The first-order chi connectivity index (χ1) is 10.5. The second kappa shape index (κ2) is 6.22. The van der Waals surface area contributed by atoms with Crippen molar-refractivity contribution in [1.29, 1.82) is 0 Å². The zero-order chi connectivity index (χ0) is 15.7. The lowest BCUT2D eigenvalue weighted by Crippen LogP contribution is -2.48. The number of halogens is 1. The van der Waals surface area contributed by atoms with Crippen molar-refractivity contribution in [3.63, 3.8) is 0 Å². The Morgan fingerprint density at radius 1 is 1.45 bits per heavy atom. The predicted octanol–water partition coefficient (Wildman–Crippen LogP) is 2.74. The quantitative estimate of drug-likeness (QED) is 0.878. The van der Waals surface area contributed by atoms with Crippen molar-refractivity contribution in [3.05, 3.63) is 40.5 Å². The summed E-state index contributed by atoms with van der Waals surface area (Å²) in [5, 5.41) is 10.7. The molecule has 116 valence electrons. The molecule has 1 amide bonds. The summed E-state index contributed by atoms with van der Waals surface area (Å²) in [4.78, 5) is 12.4. The molecule has 2 aromatic rings. The maximum Gasteiger partial charge on any atom is 0.228 e. The summed E-state index contributed by atoms with van der Waals surface area (Å²) in [6.07, 6.45) is 0. The van der Waals surface area contributed by atoms with Gasteiger partial charge in [-0.15, -0.1) is 0 Å². The van der Waals surface area contributed by atoms with Gasteiger partial charge in [-0.1, -0.05) is 28.9 Å². The minimum atomic E-state index is -0.00702. The molecule has 2 N–H and O–H groups in total. The van der Waals surface area contributed by atoms with Crippen LogP contribution in [0.15, 0.2) is 34.8 Å². The van der Waals surface area contributed by atoms with E-state index in [1.165, 1.54) is 0 Å². The summed E-state index contributed by atoms with van der Waals surface area (Å²) in [6.45, 7) is 5.73. The van der Waals surface area contributed by atoms with E-state index in [1.807, 2.05) is 44.2 Å². The lowest BCUT2D eigenvalue weighted by molar-refractivity contribution is -0.121. The Balaban J connectivity index is 1.83. The standard InChI is InChI=1S/C16H19BrN4O/c1-10-6-15(19-16(22)11(2)12-8-18-9-12)21(20-10)14-5-3-4-13(17)7-14/h3-7,11-12,18H,8-9H2,1-2H3,(H,19,22). The molecule has 1 aromatic heterocycles. The number of nitrogens with one attached hydrogen (secondary N) is 2. The van der Waals surface area contributed by atoms with Crippen molar-refractivity contribution in [2.24, 2.45) is 11.8 Å². The SMILES string of the molecule is Cc1cc(NC(=O)C(C)C2CNC2)n(-c2cccc(Br)c2)n1. The maximum absolute atomic E-state index is 12.4. The fourth-order valence-corrected chi connectivity index (χ4v) is 2.90. The Morgan fingerprint density at radius 3 is 2.86 bits per heavy atom. The van der Waals surface area contributed by atoms with E-state index in [-0.39, 0.29) is 11.8 Å². The third-order valence-electron chi connectivity index (χ3n) is 4.07. The minimum absolute atomic E-state index is 0.00702. The zero-order valence-corrected chi connectivity index (χ0v) is 14.2. The van der Waals surface area contributed by atoms with Gasteiger partial charge in [0.25, 0.3) is 0 Å². The molecule has 1 aromatic carbocycles. The number of amides is 1. The summed E-state index contributed by atoms with van der Waals surface area (Å²) >= 11 is 3.47. The number of carbonyl (C=O) groups is 1. The molecule has 2 heterocycles. The lowest BCUT2D eigenvalue weighted by Gasteiger charge is -2.31. The van der Waals surface area contributed by atoms with Gasteiger partial charge in [0.15, 0.2) is 0 Å². The summed E-state index contributed by atoms with van der Waals surface area (Å²) in [7, 11) is 0. The molecule has 0 saturated carbocycles. The fraction of sp³-hybridized carbons (Fsp3) is 0.375. The van der Waals surface area contributed by atoms with Crippen LogP contribution in [0.3, 0.4) is 0 Å². The summed E-state index contributed by atoms with van der Waals surface area (Å²) < 4.78 is 2.74. The van der Waals surface area contributed by atoms with Gasteiger partial charge in [0, 0.05) is 16.5 Å². The van der Waals surface area contributed by atoms with E-state index in [0.29, 0.717) is 11.7 Å². The number of nitrogens with zero attached hydrogens (tertiary/aromatic N) is 2. The molecule has 1 atom stereocenters. The molecule has 1 unspecified atom stereocenters. The molecule has 1 fully saturated rings. The average Bonchev–Trinajstić information content (AvgIpc) is 2.77. The van der Waals surface area contributed by atoms with Crippen LogP contribution in [0.25, 0.3) is 5.69 Å². The van der Waals surface area contributed by atoms with Gasteiger partial charge < -0.3 is 10.6 Å². The number of hydrogen-bond donors (Lipinski definition) is 2. The topological polar surface area (TPSA) is 59.0 Å². The second-order valence-electron chi connectivity index (χ2n) is 5.76. The molecule has 0 aliphatic carbocycles. The van der Waals surface area contributed by atoms with Crippen molar-refractivity contribution >= 4 is 27.7 Å². The van der Waals surface area contributed by atoms with Gasteiger partial charge in [-0.2, -0.15) is 5.10 Å². The number of anilines is 1. The predicted molar refractivity (Wildman–Crippen MR) is 90.2 cm³/mol. The number of benzene rings is 1. The number of carbonyl (C=O) groups excluding carboxylic acids is 1.